The summed E-state index contributed by atoms with van der Waals surface area (Å²) in [6.07, 6.45) is 1.04. The van der Waals surface area contributed by atoms with E-state index >= 15 is 0 Å². The molecule has 0 bridgehead atoms. The number of methoxy groups -OCH3 is 1. The zero-order valence-electron chi connectivity index (χ0n) is 13.0. The lowest BCUT2D eigenvalue weighted by atomic mass is 9.95. The van der Waals surface area contributed by atoms with Gasteiger partial charge < -0.3 is 10.5 Å². The maximum Gasteiger partial charge on any atom is 0.0474 e. The molecule has 19 heavy (non-hydrogen) atoms. The highest BCUT2D eigenvalue weighted by Gasteiger charge is 2.17. The third-order valence-electron chi connectivity index (χ3n) is 3.86. The van der Waals surface area contributed by atoms with E-state index in [1.165, 1.54) is 22.3 Å². The Morgan fingerprint density at radius 3 is 2.37 bits per heavy atom. The molecule has 0 aliphatic carbocycles. The smallest absolute Gasteiger partial charge is 0.0474 e. The topological polar surface area (TPSA) is 38.5 Å². The fourth-order valence-corrected chi connectivity index (χ4v) is 2.50. The summed E-state index contributed by atoms with van der Waals surface area (Å²) in [5.41, 5.74) is 11.4. The molecule has 1 unspecified atom stereocenters. The van der Waals surface area contributed by atoms with Crippen LogP contribution in [-0.4, -0.2) is 38.8 Å². The van der Waals surface area contributed by atoms with E-state index in [-0.39, 0.29) is 6.04 Å². The molecule has 0 amide bonds. The minimum absolute atomic E-state index is 0.288. The standard InChI is InChI=1S/C16H28N2O/c1-12-9-14(3)15(10-13(12)2)16(11-17)18(4)7-6-8-19-5/h9-10,16H,6-8,11,17H2,1-5H3. The number of ether oxygens (including phenoxy) is 1. The average Bonchev–Trinajstić information content (AvgIpc) is 2.36. The SMILES string of the molecule is COCCCN(C)C(CN)c1cc(C)c(C)cc1C. The first-order valence-electron chi connectivity index (χ1n) is 6.98. The number of nitrogens with zero attached hydrogens (tertiary/aromatic N) is 1. The number of likely N-dealkylation sites (N-methyl/N-ethyl adjacent to an activating group) is 1. The predicted molar refractivity (Wildman–Crippen MR) is 81.6 cm³/mol. The number of hydrogen-bond donors (Lipinski definition) is 1. The molecule has 0 heterocycles. The summed E-state index contributed by atoms with van der Waals surface area (Å²) in [4.78, 5) is 2.33. The van der Waals surface area contributed by atoms with Crippen LogP contribution >= 0.6 is 0 Å². The van der Waals surface area contributed by atoms with Gasteiger partial charge in [-0.05, 0) is 56.5 Å². The van der Waals surface area contributed by atoms with Gasteiger partial charge in [0.1, 0.15) is 0 Å². The largest absolute Gasteiger partial charge is 0.385 e. The zero-order chi connectivity index (χ0) is 14.4. The fourth-order valence-electron chi connectivity index (χ4n) is 2.50. The summed E-state index contributed by atoms with van der Waals surface area (Å²) in [5.74, 6) is 0. The van der Waals surface area contributed by atoms with Crippen molar-refractivity contribution in [2.75, 3.05) is 33.9 Å². The molecule has 2 N–H and O–H groups in total. The molecule has 0 saturated heterocycles. The van der Waals surface area contributed by atoms with E-state index < -0.39 is 0 Å². The normalized spacial score (nSPS) is 13.0. The van der Waals surface area contributed by atoms with Gasteiger partial charge in [-0.3, -0.25) is 4.90 Å². The molecule has 3 nitrogen and oxygen atoms in total. The molecule has 108 valence electrons. The second kappa shape index (κ2) is 7.63. The van der Waals surface area contributed by atoms with Crippen LogP contribution < -0.4 is 5.73 Å². The van der Waals surface area contributed by atoms with E-state index in [2.05, 4.69) is 44.9 Å². The van der Waals surface area contributed by atoms with Crippen molar-refractivity contribution in [3.05, 3.63) is 34.4 Å². The van der Waals surface area contributed by atoms with Crippen molar-refractivity contribution in [1.82, 2.24) is 4.90 Å². The maximum absolute atomic E-state index is 5.99. The van der Waals surface area contributed by atoms with E-state index in [4.69, 9.17) is 10.5 Å². The number of nitrogens with two attached hydrogens (primary N) is 1. The molecular formula is C16H28N2O. The summed E-state index contributed by atoms with van der Waals surface area (Å²) in [7, 11) is 3.88. The highest BCUT2D eigenvalue weighted by molar-refractivity contribution is 5.38. The van der Waals surface area contributed by atoms with Gasteiger partial charge in [0.15, 0.2) is 0 Å². The number of hydrogen-bond acceptors (Lipinski definition) is 3. The van der Waals surface area contributed by atoms with Crippen molar-refractivity contribution in [2.24, 2.45) is 5.73 Å². The van der Waals surface area contributed by atoms with Crippen LogP contribution in [0, 0.1) is 20.8 Å². The monoisotopic (exact) mass is 264 g/mol. The van der Waals surface area contributed by atoms with E-state index in [1.807, 2.05) is 0 Å². The Hall–Kier alpha value is -0.900. The van der Waals surface area contributed by atoms with Crippen molar-refractivity contribution in [2.45, 2.75) is 33.2 Å². The van der Waals surface area contributed by atoms with Crippen molar-refractivity contribution >= 4 is 0 Å². The Morgan fingerprint density at radius 2 is 1.79 bits per heavy atom. The van der Waals surface area contributed by atoms with Gasteiger partial charge >= 0.3 is 0 Å². The summed E-state index contributed by atoms with van der Waals surface area (Å²) in [5, 5.41) is 0. The van der Waals surface area contributed by atoms with E-state index in [1.54, 1.807) is 7.11 Å². The van der Waals surface area contributed by atoms with Gasteiger partial charge in [0.05, 0.1) is 0 Å². The summed E-state index contributed by atoms with van der Waals surface area (Å²) >= 11 is 0. The van der Waals surface area contributed by atoms with E-state index in [0.717, 1.165) is 19.6 Å². The van der Waals surface area contributed by atoms with Crippen LogP contribution in [0.5, 0.6) is 0 Å². The van der Waals surface area contributed by atoms with Gasteiger partial charge in [0.25, 0.3) is 0 Å². The second-order valence-electron chi connectivity index (χ2n) is 5.37. The number of benzene rings is 1. The van der Waals surface area contributed by atoms with Crippen molar-refractivity contribution in [3.63, 3.8) is 0 Å². The van der Waals surface area contributed by atoms with Gasteiger partial charge in [-0.15, -0.1) is 0 Å². The predicted octanol–water partition coefficient (Wildman–Crippen LogP) is 2.58. The molecule has 1 aromatic carbocycles. The van der Waals surface area contributed by atoms with Crippen molar-refractivity contribution in [3.8, 4) is 0 Å². The Morgan fingerprint density at radius 1 is 1.16 bits per heavy atom. The van der Waals surface area contributed by atoms with Gasteiger partial charge in [-0.1, -0.05) is 12.1 Å². The second-order valence-corrected chi connectivity index (χ2v) is 5.37. The molecular weight excluding hydrogens is 236 g/mol. The molecule has 0 spiro atoms. The van der Waals surface area contributed by atoms with Crippen LogP contribution in [0.25, 0.3) is 0 Å². The Labute approximate surface area is 117 Å². The van der Waals surface area contributed by atoms with E-state index in [9.17, 15) is 0 Å². The maximum atomic E-state index is 5.99. The van der Waals surface area contributed by atoms with Crippen molar-refractivity contribution < 1.29 is 4.74 Å². The Bertz CT molecular complexity index is 404. The molecule has 0 fully saturated rings. The summed E-state index contributed by atoms with van der Waals surface area (Å²) < 4.78 is 5.11. The molecule has 0 aromatic heterocycles. The van der Waals surface area contributed by atoms with Crippen LogP contribution in [0.15, 0.2) is 12.1 Å². The molecule has 1 rings (SSSR count). The van der Waals surface area contributed by atoms with Gasteiger partial charge in [0.2, 0.25) is 0 Å². The third kappa shape index (κ3) is 4.30. The zero-order valence-corrected chi connectivity index (χ0v) is 13.0. The van der Waals surface area contributed by atoms with Crippen LogP contribution in [0.2, 0.25) is 0 Å². The lowest BCUT2D eigenvalue weighted by Gasteiger charge is -2.29. The summed E-state index contributed by atoms with van der Waals surface area (Å²) in [6, 6.07) is 4.84. The number of aryl methyl sites for hydroxylation is 3. The first-order chi connectivity index (χ1) is 9.01. The quantitative estimate of drug-likeness (QED) is 0.769. The third-order valence-corrected chi connectivity index (χ3v) is 3.86. The highest BCUT2D eigenvalue weighted by Crippen LogP contribution is 2.25. The van der Waals surface area contributed by atoms with Gasteiger partial charge in [0, 0.05) is 32.8 Å². The minimum atomic E-state index is 0.288. The molecule has 0 radical (unpaired) electrons. The molecule has 0 saturated carbocycles. The molecule has 1 atom stereocenters. The highest BCUT2D eigenvalue weighted by atomic mass is 16.5. The number of rotatable bonds is 7. The van der Waals surface area contributed by atoms with Crippen molar-refractivity contribution in [1.29, 1.82) is 0 Å². The molecule has 0 aliphatic heterocycles. The fraction of sp³-hybridized carbons (Fsp3) is 0.625. The lowest BCUT2D eigenvalue weighted by Crippen LogP contribution is -2.32. The lowest BCUT2D eigenvalue weighted by molar-refractivity contribution is 0.166. The Balaban J connectivity index is 2.87. The molecule has 3 heteroatoms. The minimum Gasteiger partial charge on any atom is -0.385 e. The van der Waals surface area contributed by atoms with Crippen LogP contribution in [0.4, 0.5) is 0 Å². The van der Waals surface area contributed by atoms with E-state index in [0.29, 0.717) is 6.54 Å². The Kier molecular flexibility index (Phi) is 6.49. The van der Waals surface area contributed by atoms with Crippen LogP contribution in [-0.2, 0) is 4.74 Å². The average molecular weight is 264 g/mol. The molecule has 1 aromatic rings. The van der Waals surface area contributed by atoms with Gasteiger partial charge in [-0.2, -0.15) is 0 Å². The summed E-state index contributed by atoms with van der Waals surface area (Å²) in [6.45, 7) is 8.94. The first kappa shape index (κ1) is 16.2. The van der Waals surface area contributed by atoms with Gasteiger partial charge in [-0.25, -0.2) is 0 Å². The van der Waals surface area contributed by atoms with Crippen LogP contribution in [0.1, 0.15) is 34.7 Å². The van der Waals surface area contributed by atoms with Crippen LogP contribution in [0.3, 0.4) is 0 Å². The molecule has 0 aliphatic rings. The first-order valence-corrected chi connectivity index (χ1v) is 6.98.